The van der Waals surface area contributed by atoms with Gasteiger partial charge in [0.1, 0.15) is 0 Å². The summed E-state index contributed by atoms with van der Waals surface area (Å²) < 4.78 is 0. The van der Waals surface area contributed by atoms with Gasteiger partial charge in [0, 0.05) is 6.04 Å². The Morgan fingerprint density at radius 3 is 2.25 bits per heavy atom. The number of allylic oxidation sites excluding steroid dienone is 2. The van der Waals surface area contributed by atoms with E-state index in [0.717, 1.165) is 12.8 Å². The second-order valence-electron chi connectivity index (χ2n) is 4.10. The highest BCUT2D eigenvalue weighted by Gasteiger charge is 2.16. The lowest BCUT2D eigenvalue weighted by Crippen LogP contribution is -2.38. The minimum atomic E-state index is -0.246. The summed E-state index contributed by atoms with van der Waals surface area (Å²) in [6.45, 7) is 0. The fourth-order valence-corrected chi connectivity index (χ4v) is 1.78. The van der Waals surface area contributed by atoms with E-state index in [1.165, 1.54) is 31.4 Å². The first kappa shape index (κ1) is 12.4. The van der Waals surface area contributed by atoms with Crippen LogP contribution in [0.4, 0.5) is 0 Å². The van der Waals surface area contributed by atoms with Gasteiger partial charge in [-0.25, -0.2) is 0 Å². The molecule has 0 heterocycles. The summed E-state index contributed by atoms with van der Waals surface area (Å²) in [5.41, 5.74) is 16.2. The van der Waals surface area contributed by atoms with Crippen molar-refractivity contribution in [3.05, 3.63) is 23.7 Å². The van der Waals surface area contributed by atoms with Gasteiger partial charge in [-0.3, -0.25) is 4.79 Å². The maximum absolute atomic E-state index is 11.6. The van der Waals surface area contributed by atoms with Gasteiger partial charge in [0.2, 0.25) is 0 Å². The third kappa shape index (κ3) is 4.25. The Labute approximate surface area is 95.7 Å². The average Bonchev–Trinajstić information content (AvgIpc) is 2.27. The minimum Gasteiger partial charge on any atom is -0.394 e. The molecule has 16 heavy (non-hydrogen) atoms. The van der Waals surface area contributed by atoms with Crippen LogP contribution in [0.3, 0.4) is 0 Å². The van der Waals surface area contributed by atoms with Gasteiger partial charge in [0.05, 0.1) is 11.5 Å². The van der Waals surface area contributed by atoms with E-state index in [4.69, 9.17) is 17.2 Å². The molecule has 1 aliphatic carbocycles. The van der Waals surface area contributed by atoms with Crippen LogP contribution < -0.4 is 22.5 Å². The summed E-state index contributed by atoms with van der Waals surface area (Å²) in [6, 6.07) is 0.257. The van der Waals surface area contributed by atoms with Crippen LogP contribution in [0.15, 0.2) is 23.7 Å². The fourth-order valence-electron chi connectivity index (χ4n) is 1.78. The predicted molar refractivity (Wildman–Crippen MR) is 63.7 cm³/mol. The molecule has 90 valence electrons. The van der Waals surface area contributed by atoms with Crippen molar-refractivity contribution in [3.63, 3.8) is 0 Å². The normalized spacial score (nSPS) is 17.9. The van der Waals surface area contributed by atoms with E-state index >= 15 is 0 Å². The Morgan fingerprint density at radius 1 is 1.06 bits per heavy atom. The molecular formula is C11H20N4O. The molecule has 1 saturated carbocycles. The van der Waals surface area contributed by atoms with Gasteiger partial charge in [-0.2, -0.15) is 0 Å². The lowest BCUT2D eigenvalue weighted by molar-refractivity contribution is -0.118. The summed E-state index contributed by atoms with van der Waals surface area (Å²) in [5.74, 6) is -0.113. The van der Waals surface area contributed by atoms with Crippen molar-refractivity contribution in [3.8, 4) is 0 Å². The highest BCUT2D eigenvalue weighted by atomic mass is 16.2. The van der Waals surface area contributed by atoms with E-state index < -0.39 is 0 Å². The van der Waals surface area contributed by atoms with Crippen LogP contribution in [0.5, 0.6) is 0 Å². The molecule has 0 radical (unpaired) electrons. The molecule has 0 aromatic carbocycles. The Bertz CT molecular complexity index is 299. The molecule has 5 nitrogen and oxygen atoms in total. The van der Waals surface area contributed by atoms with Crippen LogP contribution in [0.2, 0.25) is 0 Å². The molecule has 1 fully saturated rings. The van der Waals surface area contributed by atoms with Crippen LogP contribution >= 0.6 is 0 Å². The van der Waals surface area contributed by atoms with Crippen molar-refractivity contribution < 1.29 is 4.79 Å². The van der Waals surface area contributed by atoms with Crippen LogP contribution in [-0.2, 0) is 4.79 Å². The highest BCUT2D eigenvalue weighted by molar-refractivity contribution is 5.92. The molecule has 0 aromatic heterocycles. The molecule has 0 bridgehead atoms. The molecule has 1 rings (SSSR count). The highest BCUT2D eigenvalue weighted by Crippen LogP contribution is 2.17. The first-order valence-corrected chi connectivity index (χ1v) is 5.59. The van der Waals surface area contributed by atoms with Gasteiger partial charge in [-0.15, -0.1) is 0 Å². The number of nitrogens with two attached hydrogens (primary N) is 3. The molecule has 1 amide bonds. The monoisotopic (exact) mass is 224 g/mol. The van der Waals surface area contributed by atoms with Crippen LogP contribution in [-0.4, -0.2) is 11.9 Å². The molecular weight excluding hydrogens is 204 g/mol. The van der Waals surface area contributed by atoms with Gasteiger partial charge in [0.25, 0.3) is 5.91 Å². The lowest BCUT2D eigenvalue weighted by Gasteiger charge is -2.22. The Balaban J connectivity index is 2.44. The summed E-state index contributed by atoms with van der Waals surface area (Å²) >= 11 is 0. The van der Waals surface area contributed by atoms with Crippen molar-refractivity contribution in [1.29, 1.82) is 0 Å². The average molecular weight is 224 g/mol. The van der Waals surface area contributed by atoms with Gasteiger partial charge < -0.3 is 22.5 Å². The SMILES string of the molecule is NC(N)=C/C=C(\N)C(=O)NC1CCCCC1. The van der Waals surface area contributed by atoms with Crippen molar-refractivity contribution in [2.24, 2.45) is 17.2 Å². The topological polar surface area (TPSA) is 107 Å². The third-order valence-electron chi connectivity index (χ3n) is 2.66. The van der Waals surface area contributed by atoms with E-state index in [0.29, 0.717) is 0 Å². The fraction of sp³-hybridized carbons (Fsp3) is 0.545. The maximum Gasteiger partial charge on any atom is 0.267 e. The lowest BCUT2D eigenvalue weighted by atomic mass is 9.95. The quantitative estimate of drug-likeness (QED) is 0.401. The number of carbonyl (C=O) groups is 1. The van der Waals surface area contributed by atoms with Gasteiger partial charge >= 0.3 is 0 Å². The molecule has 0 aliphatic heterocycles. The minimum absolute atomic E-state index is 0.133. The zero-order valence-electron chi connectivity index (χ0n) is 9.41. The largest absolute Gasteiger partial charge is 0.394 e. The summed E-state index contributed by atoms with van der Waals surface area (Å²) in [6.07, 6.45) is 8.50. The Hall–Kier alpha value is -1.65. The zero-order chi connectivity index (χ0) is 12.0. The van der Waals surface area contributed by atoms with E-state index in [1.807, 2.05) is 0 Å². The Kier molecular flexibility index (Phi) is 4.69. The van der Waals surface area contributed by atoms with Gasteiger partial charge in [0.15, 0.2) is 0 Å². The molecule has 7 N–H and O–H groups in total. The molecule has 0 atom stereocenters. The number of carbonyl (C=O) groups excluding carboxylic acids is 1. The number of hydrogen-bond donors (Lipinski definition) is 4. The smallest absolute Gasteiger partial charge is 0.267 e. The molecule has 1 aliphatic rings. The second kappa shape index (κ2) is 6.05. The van der Waals surface area contributed by atoms with Crippen LogP contribution in [0.25, 0.3) is 0 Å². The van der Waals surface area contributed by atoms with Crippen molar-refractivity contribution >= 4 is 5.91 Å². The Morgan fingerprint density at radius 2 is 1.69 bits per heavy atom. The van der Waals surface area contributed by atoms with Gasteiger partial charge in [-0.1, -0.05) is 19.3 Å². The molecule has 5 heteroatoms. The standard InChI is InChI=1S/C11H20N4O/c12-9(6-7-10(13)14)11(16)15-8-4-2-1-3-5-8/h6-8H,1-5,12-14H2,(H,15,16)/b9-6-. The van der Waals surface area contributed by atoms with E-state index in [2.05, 4.69) is 5.32 Å². The number of hydrogen-bond acceptors (Lipinski definition) is 4. The van der Waals surface area contributed by atoms with Crippen LogP contribution in [0, 0.1) is 0 Å². The summed E-state index contributed by atoms with van der Waals surface area (Å²) in [4.78, 5) is 11.6. The second-order valence-corrected chi connectivity index (χ2v) is 4.10. The zero-order valence-corrected chi connectivity index (χ0v) is 9.41. The maximum atomic E-state index is 11.6. The first-order valence-electron chi connectivity index (χ1n) is 5.59. The molecule has 0 saturated heterocycles. The predicted octanol–water partition coefficient (Wildman–Crippen LogP) is 0.0367. The number of rotatable bonds is 3. The van der Waals surface area contributed by atoms with E-state index in [-0.39, 0.29) is 23.5 Å². The molecule has 0 unspecified atom stereocenters. The van der Waals surface area contributed by atoms with Crippen molar-refractivity contribution in [2.75, 3.05) is 0 Å². The van der Waals surface area contributed by atoms with Gasteiger partial charge in [-0.05, 0) is 25.0 Å². The molecule has 0 spiro atoms. The van der Waals surface area contributed by atoms with Crippen molar-refractivity contribution in [1.82, 2.24) is 5.32 Å². The third-order valence-corrected chi connectivity index (χ3v) is 2.66. The van der Waals surface area contributed by atoms with E-state index in [9.17, 15) is 4.79 Å². The van der Waals surface area contributed by atoms with Crippen LogP contribution in [0.1, 0.15) is 32.1 Å². The number of nitrogens with one attached hydrogen (secondary N) is 1. The number of amides is 1. The molecule has 0 aromatic rings. The summed E-state index contributed by atoms with van der Waals surface area (Å²) in [5, 5.41) is 2.90. The first-order chi connectivity index (χ1) is 7.59. The summed E-state index contributed by atoms with van der Waals surface area (Å²) in [7, 11) is 0. The van der Waals surface area contributed by atoms with Crippen molar-refractivity contribution in [2.45, 2.75) is 38.1 Å². The van der Waals surface area contributed by atoms with E-state index in [1.54, 1.807) is 0 Å².